The van der Waals surface area contributed by atoms with E-state index in [1.54, 1.807) is 6.92 Å². The van der Waals surface area contributed by atoms with Gasteiger partial charge in [-0.2, -0.15) is 0 Å². The van der Waals surface area contributed by atoms with E-state index in [1.807, 2.05) is 9.80 Å². The van der Waals surface area contributed by atoms with E-state index in [0.29, 0.717) is 31.3 Å². The molecule has 2 fully saturated rings. The van der Waals surface area contributed by atoms with Crippen molar-refractivity contribution in [3.63, 3.8) is 0 Å². The van der Waals surface area contributed by atoms with Crippen molar-refractivity contribution in [3.8, 4) is 0 Å². The number of carboxylic acid groups (broad SMARTS) is 1. The van der Waals surface area contributed by atoms with Gasteiger partial charge in [-0.1, -0.05) is 13.8 Å². The van der Waals surface area contributed by atoms with Crippen LogP contribution in [-0.2, 0) is 9.59 Å². The standard InChI is InChI=1S/C16H28N2O3/c1-12-7-13(2)9-18(8-12)14(19)10-17-6-4-5-16(3,11-17)15(20)21/h12-13H,4-11H2,1-3H3,(H,20,21). The Bertz CT molecular complexity index is 402. The van der Waals surface area contributed by atoms with Crippen LogP contribution in [0.5, 0.6) is 0 Å². The van der Waals surface area contributed by atoms with Gasteiger partial charge in [-0.05, 0) is 44.6 Å². The number of piperidine rings is 2. The topological polar surface area (TPSA) is 60.9 Å². The van der Waals surface area contributed by atoms with Gasteiger partial charge in [0.05, 0.1) is 12.0 Å². The van der Waals surface area contributed by atoms with Crippen molar-refractivity contribution < 1.29 is 14.7 Å². The Morgan fingerprint density at radius 3 is 2.43 bits per heavy atom. The lowest BCUT2D eigenvalue weighted by atomic mass is 9.82. The van der Waals surface area contributed by atoms with Gasteiger partial charge in [0.15, 0.2) is 0 Å². The molecule has 0 aromatic rings. The van der Waals surface area contributed by atoms with Crippen LogP contribution in [0.3, 0.4) is 0 Å². The Kier molecular flexibility index (Phi) is 4.91. The molecule has 2 rings (SSSR count). The second-order valence-corrected chi connectivity index (χ2v) is 7.42. The van der Waals surface area contributed by atoms with E-state index in [-0.39, 0.29) is 5.91 Å². The third kappa shape index (κ3) is 3.96. The fraction of sp³-hybridized carbons (Fsp3) is 0.875. The van der Waals surface area contributed by atoms with Crippen LogP contribution in [0.1, 0.15) is 40.0 Å². The van der Waals surface area contributed by atoms with Crippen LogP contribution >= 0.6 is 0 Å². The van der Waals surface area contributed by atoms with Gasteiger partial charge in [0.2, 0.25) is 5.91 Å². The molecule has 1 amide bonds. The first-order valence-electron chi connectivity index (χ1n) is 8.03. The minimum Gasteiger partial charge on any atom is -0.481 e. The number of carbonyl (C=O) groups excluding carboxylic acids is 1. The fourth-order valence-electron chi connectivity index (χ4n) is 3.81. The highest BCUT2D eigenvalue weighted by molar-refractivity contribution is 5.79. The summed E-state index contributed by atoms with van der Waals surface area (Å²) in [5, 5.41) is 9.35. The van der Waals surface area contributed by atoms with Crippen molar-refractivity contribution in [2.45, 2.75) is 40.0 Å². The highest BCUT2D eigenvalue weighted by atomic mass is 16.4. The highest BCUT2D eigenvalue weighted by Gasteiger charge is 2.38. The highest BCUT2D eigenvalue weighted by Crippen LogP contribution is 2.29. The van der Waals surface area contributed by atoms with Crippen LogP contribution in [0.4, 0.5) is 0 Å². The van der Waals surface area contributed by atoms with E-state index in [0.717, 1.165) is 26.1 Å². The molecule has 2 aliphatic heterocycles. The van der Waals surface area contributed by atoms with E-state index < -0.39 is 11.4 Å². The van der Waals surface area contributed by atoms with Gasteiger partial charge in [0.1, 0.15) is 0 Å². The van der Waals surface area contributed by atoms with Gasteiger partial charge >= 0.3 is 5.97 Å². The lowest BCUT2D eigenvalue weighted by Crippen LogP contribution is -2.51. The number of carboxylic acids is 1. The largest absolute Gasteiger partial charge is 0.481 e. The van der Waals surface area contributed by atoms with E-state index in [1.165, 1.54) is 6.42 Å². The molecule has 120 valence electrons. The quantitative estimate of drug-likeness (QED) is 0.861. The third-order valence-electron chi connectivity index (χ3n) is 4.87. The van der Waals surface area contributed by atoms with Crippen LogP contribution in [0.25, 0.3) is 0 Å². The van der Waals surface area contributed by atoms with Crippen molar-refractivity contribution in [3.05, 3.63) is 0 Å². The average molecular weight is 296 g/mol. The predicted octanol–water partition coefficient (Wildman–Crippen LogP) is 1.68. The minimum absolute atomic E-state index is 0.156. The molecule has 0 aromatic carbocycles. The van der Waals surface area contributed by atoms with Crippen LogP contribution in [0, 0.1) is 17.3 Å². The van der Waals surface area contributed by atoms with Gasteiger partial charge < -0.3 is 10.0 Å². The number of aliphatic carboxylic acids is 1. The van der Waals surface area contributed by atoms with Crippen molar-refractivity contribution in [2.24, 2.45) is 17.3 Å². The SMILES string of the molecule is CC1CC(C)CN(C(=O)CN2CCCC(C)(C(=O)O)C2)C1. The van der Waals surface area contributed by atoms with Gasteiger partial charge in [-0.15, -0.1) is 0 Å². The van der Waals surface area contributed by atoms with Crippen LogP contribution < -0.4 is 0 Å². The molecular formula is C16H28N2O3. The Morgan fingerprint density at radius 1 is 1.24 bits per heavy atom. The molecule has 0 radical (unpaired) electrons. The van der Waals surface area contributed by atoms with Crippen LogP contribution in [0.2, 0.25) is 0 Å². The van der Waals surface area contributed by atoms with E-state index in [9.17, 15) is 14.7 Å². The maximum atomic E-state index is 12.5. The molecule has 2 saturated heterocycles. The van der Waals surface area contributed by atoms with E-state index in [2.05, 4.69) is 13.8 Å². The summed E-state index contributed by atoms with van der Waals surface area (Å²) in [6.07, 6.45) is 2.73. The Hall–Kier alpha value is -1.10. The number of nitrogens with zero attached hydrogens (tertiary/aromatic N) is 2. The summed E-state index contributed by atoms with van der Waals surface area (Å²) in [5.41, 5.74) is -0.707. The number of hydrogen-bond acceptors (Lipinski definition) is 3. The zero-order valence-electron chi connectivity index (χ0n) is 13.5. The number of rotatable bonds is 3. The summed E-state index contributed by atoms with van der Waals surface area (Å²) in [5.74, 6) is 0.523. The van der Waals surface area contributed by atoms with Crippen LogP contribution in [-0.4, -0.2) is 59.5 Å². The average Bonchev–Trinajstić information content (AvgIpc) is 2.37. The van der Waals surface area contributed by atoms with Crippen LogP contribution in [0.15, 0.2) is 0 Å². The number of likely N-dealkylation sites (tertiary alicyclic amines) is 2. The summed E-state index contributed by atoms with van der Waals surface area (Å²) in [7, 11) is 0. The zero-order valence-corrected chi connectivity index (χ0v) is 13.5. The molecule has 0 saturated carbocycles. The van der Waals surface area contributed by atoms with Gasteiger partial charge in [-0.3, -0.25) is 14.5 Å². The predicted molar refractivity (Wildman–Crippen MR) is 80.9 cm³/mol. The minimum atomic E-state index is -0.750. The Morgan fingerprint density at radius 2 is 1.86 bits per heavy atom. The van der Waals surface area contributed by atoms with Crippen molar-refractivity contribution in [1.29, 1.82) is 0 Å². The summed E-state index contributed by atoms with van der Waals surface area (Å²) < 4.78 is 0. The maximum Gasteiger partial charge on any atom is 0.310 e. The van der Waals surface area contributed by atoms with Crippen molar-refractivity contribution in [2.75, 3.05) is 32.7 Å². The molecule has 0 aliphatic carbocycles. The lowest BCUT2D eigenvalue weighted by Gasteiger charge is -2.40. The molecule has 2 heterocycles. The summed E-state index contributed by atoms with van der Waals surface area (Å²) in [4.78, 5) is 27.8. The Balaban J connectivity index is 1.91. The molecule has 0 spiro atoms. The number of carbonyl (C=O) groups is 2. The zero-order chi connectivity index (χ0) is 15.6. The fourth-order valence-corrected chi connectivity index (χ4v) is 3.81. The molecule has 3 atom stereocenters. The third-order valence-corrected chi connectivity index (χ3v) is 4.87. The van der Waals surface area contributed by atoms with Crippen molar-refractivity contribution in [1.82, 2.24) is 9.80 Å². The molecule has 5 nitrogen and oxygen atoms in total. The lowest BCUT2D eigenvalue weighted by molar-refractivity contribution is -0.152. The molecule has 0 aromatic heterocycles. The summed E-state index contributed by atoms with van der Waals surface area (Å²) in [6, 6.07) is 0. The molecular weight excluding hydrogens is 268 g/mol. The number of hydrogen-bond donors (Lipinski definition) is 1. The normalized spacial score (nSPS) is 34.7. The summed E-state index contributed by atoms with van der Waals surface area (Å²) >= 11 is 0. The van der Waals surface area contributed by atoms with E-state index >= 15 is 0 Å². The molecule has 0 bridgehead atoms. The first-order chi connectivity index (χ1) is 9.80. The molecule has 3 unspecified atom stereocenters. The second-order valence-electron chi connectivity index (χ2n) is 7.42. The summed E-state index contributed by atoms with van der Waals surface area (Å²) in [6.45, 7) is 9.52. The van der Waals surface area contributed by atoms with Crippen molar-refractivity contribution >= 4 is 11.9 Å². The first kappa shape index (κ1) is 16.3. The number of amides is 1. The van der Waals surface area contributed by atoms with Gasteiger partial charge in [-0.25, -0.2) is 0 Å². The molecule has 1 N–H and O–H groups in total. The van der Waals surface area contributed by atoms with Gasteiger partial charge in [0.25, 0.3) is 0 Å². The second kappa shape index (κ2) is 6.34. The molecule has 2 aliphatic rings. The maximum absolute atomic E-state index is 12.5. The Labute approximate surface area is 127 Å². The first-order valence-corrected chi connectivity index (χ1v) is 8.03. The smallest absolute Gasteiger partial charge is 0.310 e. The molecule has 5 heteroatoms. The molecule has 21 heavy (non-hydrogen) atoms. The monoisotopic (exact) mass is 296 g/mol. The van der Waals surface area contributed by atoms with Gasteiger partial charge in [0, 0.05) is 19.6 Å². The van der Waals surface area contributed by atoms with E-state index in [4.69, 9.17) is 0 Å².